The Kier molecular flexibility index (Phi) is 4.44. The van der Waals surface area contributed by atoms with E-state index in [1.54, 1.807) is 17.7 Å². The van der Waals surface area contributed by atoms with Crippen molar-refractivity contribution in [3.05, 3.63) is 47.3 Å². The number of nitrogen functional groups attached to an aromatic ring is 1. The number of rotatable bonds is 4. The number of nitrogens with two attached hydrogens (primary N) is 1. The van der Waals surface area contributed by atoms with E-state index in [0.717, 1.165) is 22.3 Å². The smallest absolute Gasteiger partial charge is 0.357 e. The minimum atomic E-state index is -0.487. The number of benzene rings is 1. The van der Waals surface area contributed by atoms with E-state index in [-0.39, 0.29) is 18.2 Å². The molecule has 2 N–H and O–H groups in total. The van der Waals surface area contributed by atoms with Crippen LogP contribution in [0.4, 0.5) is 5.69 Å². The third kappa shape index (κ3) is 3.07. The van der Waals surface area contributed by atoms with Crippen LogP contribution in [-0.4, -0.2) is 27.3 Å². The summed E-state index contributed by atoms with van der Waals surface area (Å²) in [5.74, 6) is -0.315. The van der Waals surface area contributed by atoms with Gasteiger partial charge in [-0.3, -0.25) is 0 Å². The van der Waals surface area contributed by atoms with Crippen LogP contribution in [0.15, 0.2) is 30.3 Å². The van der Waals surface area contributed by atoms with Gasteiger partial charge < -0.3 is 10.5 Å². The molecule has 0 bridgehead atoms. The van der Waals surface area contributed by atoms with Crippen molar-refractivity contribution in [3.63, 3.8) is 0 Å². The maximum Gasteiger partial charge on any atom is 0.357 e. The molecule has 0 amide bonds. The quantitative estimate of drug-likeness (QED) is 0.735. The number of esters is 1. The molecule has 25 heavy (non-hydrogen) atoms. The summed E-state index contributed by atoms with van der Waals surface area (Å²) in [5, 5.41) is 5.51. The summed E-state index contributed by atoms with van der Waals surface area (Å²) < 4.78 is 6.81. The van der Waals surface area contributed by atoms with Gasteiger partial charge in [0, 0.05) is 5.69 Å². The minimum absolute atomic E-state index is 0.172. The number of hydrogen-bond acceptors (Lipinski definition) is 5. The number of pyridine rings is 1. The third-order valence-corrected chi connectivity index (χ3v) is 3.97. The highest BCUT2D eigenvalue weighted by molar-refractivity contribution is 5.97. The molecule has 0 aliphatic carbocycles. The van der Waals surface area contributed by atoms with E-state index in [4.69, 9.17) is 15.6 Å². The van der Waals surface area contributed by atoms with Crippen molar-refractivity contribution in [1.82, 2.24) is 14.8 Å². The van der Waals surface area contributed by atoms with Crippen LogP contribution in [0.25, 0.3) is 16.7 Å². The molecule has 3 aromatic rings. The molecule has 130 valence electrons. The average molecular weight is 338 g/mol. The van der Waals surface area contributed by atoms with Crippen molar-refractivity contribution in [2.45, 2.75) is 33.6 Å². The van der Waals surface area contributed by atoms with Gasteiger partial charge in [-0.1, -0.05) is 26.0 Å². The SMILES string of the molecule is CCOC(=O)c1cc(N)c2c(C(C)C)nn(-c3cccc(C)c3)c2n1. The lowest BCUT2D eigenvalue weighted by Gasteiger charge is -2.07. The Hall–Kier alpha value is -2.89. The van der Waals surface area contributed by atoms with E-state index in [1.165, 1.54) is 0 Å². The van der Waals surface area contributed by atoms with Gasteiger partial charge in [0.05, 0.1) is 23.4 Å². The van der Waals surface area contributed by atoms with Crippen molar-refractivity contribution >= 4 is 22.7 Å². The number of ether oxygens (including phenoxy) is 1. The van der Waals surface area contributed by atoms with Crippen molar-refractivity contribution in [2.24, 2.45) is 0 Å². The Labute approximate surface area is 146 Å². The minimum Gasteiger partial charge on any atom is -0.461 e. The molecule has 0 aliphatic rings. The van der Waals surface area contributed by atoms with Gasteiger partial charge in [0.25, 0.3) is 0 Å². The number of aryl methyl sites for hydroxylation is 1. The van der Waals surface area contributed by atoms with Gasteiger partial charge in [0.15, 0.2) is 11.3 Å². The fourth-order valence-electron chi connectivity index (χ4n) is 2.83. The summed E-state index contributed by atoms with van der Waals surface area (Å²) in [6.45, 7) is 8.17. The van der Waals surface area contributed by atoms with Crippen LogP contribution in [0.5, 0.6) is 0 Å². The number of fused-ring (bicyclic) bond motifs is 1. The first kappa shape index (κ1) is 17.0. The molecule has 0 atom stereocenters. The fourth-order valence-corrected chi connectivity index (χ4v) is 2.83. The van der Waals surface area contributed by atoms with Crippen molar-refractivity contribution in [2.75, 3.05) is 12.3 Å². The topological polar surface area (TPSA) is 83.0 Å². The molecule has 3 rings (SSSR count). The molecule has 0 unspecified atom stereocenters. The molecular weight excluding hydrogens is 316 g/mol. The first-order valence-electron chi connectivity index (χ1n) is 8.35. The normalized spacial score (nSPS) is 11.2. The van der Waals surface area contributed by atoms with E-state index in [2.05, 4.69) is 18.8 Å². The van der Waals surface area contributed by atoms with Gasteiger partial charge in [0.2, 0.25) is 0 Å². The zero-order valence-corrected chi connectivity index (χ0v) is 14.9. The molecule has 0 saturated heterocycles. The standard InChI is InChI=1S/C19H22N4O2/c1-5-25-19(24)15-10-14(20)16-17(11(2)3)22-23(18(16)21-15)13-8-6-7-12(4)9-13/h6-11H,5H2,1-4H3,(H2,20,21). The Morgan fingerprint density at radius 1 is 1.32 bits per heavy atom. The Bertz CT molecular complexity index is 944. The van der Waals surface area contributed by atoms with Gasteiger partial charge in [-0.05, 0) is 43.5 Å². The van der Waals surface area contributed by atoms with E-state index >= 15 is 0 Å². The second-order valence-electron chi connectivity index (χ2n) is 6.31. The predicted octanol–water partition coefficient (Wildman–Crippen LogP) is 3.61. The largest absolute Gasteiger partial charge is 0.461 e. The molecule has 0 spiro atoms. The van der Waals surface area contributed by atoms with Gasteiger partial charge >= 0.3 is 5.97 Å². The summed E-state index contributed by atoms with van der Waals surface area (Å²) >= 11 is 0. The zero-order chi connectivity index (χ0) is 18.1. The Morgan fingerprint density at radius 3 is 2.72 bits per heavy atom. The summed E-state index contributed by atoms with van der Waals surface area (Å²) in [6.07, 6.45) is 0. The van der Waals surface area contributed by atoms with Crippen LogP contribution in [0, 0.1) is 6.92 Å². The maximum atomic E-state index is 12.1. The number of aromatic nitrogens is 3. The molecular formula is C19H22N4O2. The van der Waals surface area contributed by atoms with Gasteiger partial charge in [0.1, 0.15) is 0 Å². The van der Waals surface area contributed by atoms with Gasteiger partial charge in [-0.15, -0.1) is 0 Å². The molecule has 2 aromatic heterocycles. The summed E-state index contributed by atoms with van der Waals surface area (Å²) in [5.41, 5.74) is 10.3. The lowest BCUT2D eigenvalue weighted by molar-refractivity contribution is 0.0520. The van der Waals surface area contributed by atoms with Crippen molar-refractivity contribution in [1.29, 1.82) is 0 Å². The summed E-state index contributed by atoms with van der Waals surface area (Å²) in [7, 11) is 0. The van der Waals surface area contributed by atoms with Crippen molar-refractivity contribution < 1.29 is 9.53 Å². The Balaban J connectivity index is 2.30. The maximum absolute atomic E-state index is 12.1. The molecule has 1 aromatic carbocycles. The second-order valence-corrected chi connectivity index (χ2v) is 6.31. The second kappa shape index (κ2) is 6.55. The Morgan fingerprint density at radius 2 is 2.08 bits per heavy atom. The monoisotopic (exact) mass is 338 g/mol. The summed E-state index contributed by atoms with van der Waals surface area (Å²) in [6, 6.07) is 9.52. The van der Waals surface area contributed by atoms with Crippen LogP contribution in [-0.2, 0) is 4.74 Å². The van der Waals surface area contributed by atoms with E-state index in [0.29, 0.717) is 11.3 Å². The van der Waals surface area contributed by atoms with E-state index < -0.39 is 5.97 Å². The first-order valence-corrected chi connectivity index (χ1v) is 8.35. The molecule has 0 aliphatic heterocycles. The van der Waals surface area contributed by atoms with Crippen LogP contribution < -0.4 is 5.73 Å². The highest BCUT2D eigenvalue weighted by atomic mass is 16.5. The molecule has 0 fully saturated rings. The van der Waals surface area contributed by atoms with Crippen LogP contribution in [0.1, 0.15) is 48.4 Å². The number of anilines is 1. The van der Waals surface area contributed by atoms with Crippen LogP contribution in [0.2, 0.25) is 0 Å². The highest BCUT2D eigenvalue weighted by Crippen LogP contribution is 2.31. The molecule has 6 heteroatoms. The predicted molar refractivity (Wildman–Crippen MR) is 98.1 cm³/mol. The van der Waals surface area contributed by atoms with Crippen molar-refractivity contribution in [3.8, 4) is 5.69 Å². The summed E-state index contributed by atoms with van der Waals surface area (Å²) in [4.78, 5) is 16.6. The van der Waals surface area contributed by atoms with E-state index in [1.807, 2.05) is 31.2 Å². The zero-order valence-electron chi connectivity index (χ0n) is 14.9. The van der Waals surface area contributed by atoms with Crippen LogP contribution >= 0.6 is 0 Å². The molecule has 2 heterocycles. The third-order valence-electron chi connectivity index (χ3n) is 3.97. The first-order chi connectivity index (χ1) is 11.9. The molecule has 0 radical (unpaired) electrons. The molecule has 0 saturated carbocycles. The van der Waals surface area contributed by atoms with Crippen LogP contribution in [0.3, 0.4) is 0 Å². The van der Waals surface area contributed by atoms with E-state index in [9.17, 15) is 4.79 Å². The highest BCUT2D eigenvalue weighted by Gasteiger charge is 2.21. The number of hydrogen-bond donors (Lipinski definition) is 1. The lowest BCUT2D eigenvalue weighted by atomic mass is 10.1. The van der Waals surface area contributed by atoms with Gasteiger partial charge in [-0.2, -0.15) is 5.10 Å². The average Bonchev–Trinajstić information content (AvgIpc) is 2.95. The van der Waals surface area contributed by atoms with Gasteiger partial charge in [-0.25, -0.2) is 14.5 Å². The number of carbonyl (C=O) groups is 1. The fraction of sp³-hybridized carbons (Fsp3) is 0.316. The number of nitrogens with zero attached hydrogens (tertiary/aromatic N) is 3. The number of carbonyl (C=O) groups excluding carboxylic acids is 1. The molecule has 6 nitrogen and oxygen atoms in total. The lowest BCUT2D eigenvalue weighted by Crippen LogP contribution is -2.09.